The fraction of sp³-hybridized carbons (Fsp3) is 0.750. The van der Waals surface area contributed by atoms with Crippen LogP contribution in [0.3, 0.4) is 0 Å². The fourth-order valence-electron chi connectivity index (χ4n) is 3.00. The van der Waals surface area contributed by atoms with Crippen LogP contribution in [0.1, 0.15) is 55.5 Å². The molecule has 2 aliphatic carbocycles. The molecule has 0 spiro atoms. The molecule has 19 heavy (non-hydrogen) atoms. The molecule has 3 rings (SSSR count). The van der Waals surface area contributed by atoms with Crippen molar-refractivity contribution in [3.05, 3.63) is 21.9 Å². The van der Waals surface area contributed by atoms with Gasteiger partial charge < -0.3 is 5.73 Å². The van der Waals surface area contributed by atoms with Crippen LogP contribution in [0.5, 0.6) is 0 Å². The number of hydrogen-bond donors (Lipinski definition) is 1. The van der Waals surface area contributed by atoms with Gasteiger partial charge in [0.25, 0.3) is 0 Å². The van der Waals surface area contributed by atoms with Crippen molar-refractivity contribution in [1.82, 2.24) is 4.90 Å². The number of thiophene rings is 1. The molecule has 0 aliphatic heterocycles. The number of nitrogens with two attached hydrogens (primary N) is 1. The zero-order chi connectivity index (χ0) is 13.4. The van der Waals surface area contributed by atoms with Crippen molar-refractivity contribution in [3.63, 3.8) is 0 Å². The second kappa shape index (κ2) is 5.55. The van der Waals surface area contributed by atoms with Crippen molar-refractivity contribution in [1.29, 1.82) is 0 Å². The van der Waals surface area contributed by atoms with Gasteiger partial charge in [0.1, 0.15) is 0 Å². The van der Waals surface area contributed by atoms with Gasteiger partial charge in [-0.15, -0.1) is 11.3 Å². The summed E-state index contributed by atoms with van der Waals surface area (Å²) in [6.45, 7) is 5.74. The molecule has 2 saturated carbocycles. The third kappa shape index (κ3) is 3.04. The van der Waals surface area contributed by atoms with E-state index in [1.165, 1.54) is 42.7 Å². The molecule has 2 unspecified atom stereocenters. The molecule has 0 radical (unpaired) electrons. The summed E-state index contributed by atoms with van der Waals surface area (Å²) in [5.74, 6) is 0.951. The van der Waals surface area contributed by atoms with Gasteiger partial charge in [0.2, 0.25) is 0 Å². The van der Waals surface area contributed by atoms with E-state index < -0.39 is 0 Å². The van der Waals surface area contributed by atoms with E-state index in [9.17, 15) is 0 Å². The van der Waals surface area contributed by atoms with Crippen molar-refractivity contribution in [2.75, 3.05) is 6.54 Å². The summed E-state index contributed by atoms with van der Waals surface area (Å²) in [5.41, 5.74) is 7.94. The molecule has 3 heteroatoms. The molecule has 1 heterocycles. The lowest BCUT2D eigenvalue weighted by Crippen LogP contribution is -2.43. The van der Waals surface area contributed by atoms with Crippen LogP contribution in [0.2, 0.25) is 0 Å². The topological polar surface area (TPSA) is 29.3 Å². The molecule has 1 aromatic heterocycles. The van der Waals surface area contributed by atoms with E-state index in [1.807, 2.05) is 11.3 Å². The molecular weight excluding hydrogens is 252 g/mol. The predicted octanol–water partition coefficient (Wildman–Crippen LogP) is 3.71. The first-order valence-corrected chi connectivity index (χ1v) is 8.64. The van der Waals surface area contributed by atoms with Crippen LogP contribution in [-0.2, 0) is 0 Å². The molecule has 0 amide bonds. The maximum atomic E-state index is 6.50. The SMILES string of the molecule is CCC(N)C(c1sccc1C)N(CC1CC1)C1CC1. The van der Waals surface area contributed by atoms with Crippen LogP contribution < -0.4 is 5.73 Å². The minimum atomic E-state index is 0.275. The van der Waals surface area contributed by atoms with Gasteiger partial charge >= 0.3 is 0 Å². The molecular formula is C16H26N2S. The third-order valence-corrected chi connectivity index (χ3v) is 5.68. The fourth-order valence-corrected chi connectivity index (χ4v) is 4.12. The van der Waals surface area contributed by atoms with Gasteiger partial charge in [-0.25, -0.2) is 0 Å². The van der Waals surface area contributed by atoms with E-state index in [1.54, 1.807) is 0 Å². The van der Waals surface area contributed by atoms with Crippen LogP contribution in [0.4, 0.5) is 0 Å². The van der Waals surface area contributed by atoms with Crippen molar-refractivity contribution >= 4 is 11.3 Å². The first kappa shape index (κ1) is 13.6. The standard InChI is InChI=1S/C16H26N2S/c1-3-14(17)15(16-11(2)8-9-19-16)18(13-6-7-13)10-12-4-5-12/h8-9,12-15H,3-7,10,17H2,1-2H3. The smallest absolute Gasteiger partial charge is 0.0598 e. The minimum Gasteiger partial charge on any atom is -0.326 e. The predicted molar refractivity (Wildman–Crippen MR) is 82.5 cm³/mol. The number of nitrogens with zero attached hydrogens (tertiary/aromatic N) is 1. The Hall–Kier alpha value is -0.380. The summed E-state index contributed by atoms with van der Waals surface area (Å²) >= 11 is 1.90. The van der Waals surface area contributed by atoms with E-state index in [0.717, 1.165) is 18.4 Å². The third-order valence-electron chi connectivity index (χ3n) is 4.59. The Morgan fingerprint density at radius 1 is 1.37 bits per heavy atom. The van der Waals surface area contributed by atoms with E-state index in [0.29, 0.717) is 6.04 Å². The first-order chi connectivity index (χ1) is 9.20. The molecule has 1 aromatic rings. The van der Waals surface area contributed by atoms with Crippen molar-refractivity contribution in [2.45, 2.75) is 64.1 Å². The number of hydrogen-bond acceptors (Lipinski definition) is 3. The van der Waals surface area contributed by atoms with Gasteiger partial charge in [-0.2, -0.15) is 0 Å². The van der Waals surface area contributed by atoms with Gasteiger partial charge in [-0.1, -0.05) is 6.92 Å². The Morgan fingerprint density at radius 3 is 2.58 bits per heavy atom. The van der Waals surface area contributed by atoms with Crippen LogP contribution in [0.25, 0.3) is 0 Å². The Balaban J connectivity index is 1.85. The summed E-state index contributed by atoms with van der Waals surface area (Å²) in [7, 11) is 0. The Kier molecular flexibility index (Phi) is 3.97. The van der Waals surface area contributed by atoms with E-state index in [4.69, 9.17) is 5.73 Å². The van der Waals surface area contributed by atoms with Crippen molar-refractivity contribution in [3.8, 4) is 0 Å². The quantitative estimate of drug-likeness (QED) is 0.824. The largest absolute Gasteiger partial charge is 0.326 e. The summed E-state index contributed by atoms with van der Waals surface area (Å²) in [4.78, 5) is 4.27. The maximum absolute atomic E-state index is 6.50. The van der Waals surface area contributed by atoms with Gasteiger partial charge in [0.15, 0.2) is 0 Å². The average Bonchev–Trinajstić information content (AvgIpc) is 3.30. The van der Waals surface area contributed by atoms with E-state index >= 15 is 0 Å². The molecule has 2 atom stereocenters. The molecule has 106 valence electrons. The van der Waals surface area contributed by atoms with Gasteiger partial charge in [-0.3, -0.25) is 4.90 Å². The van der Waals surface area contributed by atoms with Gasteiger partial charge in [0.05, 0.1) is 6.04 Å². The average molecular weight is 278 g/mol. The highest BCUT2D eigenvalue weighted by Gasteiger charge is 2.40. The second-order valence-corrected chi connectivity index (χ2v) is 7.30. The highest BCUT2D eigenvalue weighted by atomic mass is 32.1. The lowest BCUT2D eigenvalue weighted by atomic mass is 10.00. The lowest BCUT2D eigenvalue weighted by Gasteiger charge is -2.35. The molecule has 2 N–H and O–H groups in total. The zero-order valence-electron chi connectivity index (χ0n) is 12.1. The van der Waals surface area contributed by atoms with Gasteiger partial charge in [0, 0.05) is 23.5 Å². The van der Waals surface area contributed by atoms with Crippen LogP contribution in [-0.4, -0.2) is 23.5 Å². The van der Waals surface area contributed by atoms with Gasteiger partial charge in [-0.05, 0) is 62.0 Å². The Labute approximate surface area is 121 Å². The molecule has 2 nitrogen and oxygen atoms in total. The molecule has 0 bridgehead atoms. The second-order valence-electron chi connectivity index (χ2n) is 6.36. The summed E-state index contributed by atoms with van der Waals surface area (Å²) < 4.78 is 0. The van der Waals surface area contributed by atoms with Crippen molar-refractivity contribution < 1.29 is 0 Å². The highest BCUT2D eigenvalue weighted by Crippen LogP contribution is 2.42. The summed E-state index contributed by atoms with van der Waals surface area (Å²) in [6.07, 6.45) is 6.69. The Morgan fingerprint density at radius 2 is 2.11 bits per heavy atom. The highest BCUT2D eigenvalue weighted by molar-refractivity contribution is 7.10. The lowest BCUT2D eigenvalue weighted by molar-refractivity contribution is 0.154. The number of aryl methyl sites for hydroxylation is 1. The summed E-state index contributed by atoms with van der Waals surface area (Å²) in [6, 6.07) is 3.79. The molecule has 0 aromatic carbocycles. The first-order valence-electron chi connectivity index (χ1n) is 7.76. The summed E-state index contributed by atoms with van der Waals surface area (Å²) in [5, 5.41) is 2.22. The van der Waals surface area contributed by atoms with E-state index in [2.05, 4.69) is 30.2 Å². The monoisotopic (exact) mass is 278 g/mol. The molecule has 2 aliphatic rings. The molecule has 2 fully saturated rings. The minimum absolute atomic E-state index is 0.275. The van der Waals surface area contributed by atoms with Crippen LogP contribution in [0.15, 0.2) is 11.4 Å². The van der Waals surface area contributed by atoms with Crippen LogP contribution in [0, 0.1) is 12.8 Å². The van der Waals surface area contributed by atoms with Crippen molar-refractivity contribution in [2.24, 2.45) is 11.7 Å². The molecule has 0 saturated heterocycles. The normalized spacial score (nSPS) is 22.7. The zero-order valence-corrected chi connectivity index (χ0v) is 13.0. The Bertz CT molecular complexity index is 420. The maximum Gasteiger partial charge on any atom is 0.0598 e. The number of rotatable bonds is 7. The van der Waals surface area contributed by atoms with Crippen LogP contribution >= 0.6 is 11.3 Å². The van der Waals surface area contributed by atoms with E-state index in [-0.39, 0.29) is 6.04 Å².